The van der Waals surface area contributed by atoms with Gasteiger partial charge in [0.15, 0.2) is 5.16 Å². The molecule has 1 fully saturated rings. The molecule has 1 aromatic heterocycles. The predicted octanol–water partition coefficient (Wildman–Crippen LogP) is 2.48. The van der Waals surface area contributed by atoms with E-state index in [0.717, 1.165) is 24.4 Å². The molecule has 1 aromatic carbocycles. The molecule has 7 heteroatoms. The van der Waals surface area contributed by atoms with Gasteiger partial charge in [0, 0.05) is 5.69 Å². The summed E-state index contributed by atoms with van der Waals surface area (Å²) in [5.74, 6) is 1.08. The molecule has 1 atom stereocenters. The lowest BCUT2D eigenvalue weighted by Crippen LogP contribution is -2.47. The number of hydrogen-bond donors (Lipinski definition) is 1. The van der Waals surface area contributed by atoms with Crippen LogP contribution in [0.1, 0.15) is 25.6 Å². The van der Waals surface area contributed by atoms with Crippen molar-refractivity contribution in [2.24, 2.45) is 5.92 Å². The van der Waals surface area contributed by atoms with Gasteiger partial charge in [-0.25, -0.2) is 0 Å². The van der Waals surface area contributed by atoms with E-state index in [1.165, 1.54) is 11.8 Å². The zero-order chi connectivity index (χ0) is 17.2. The lowest BCUT2D eigenvalue weighted by molar-refractivity contribution is -0.119. The van der Waals surface area contributed by atoms with Gasteiger partial charge in [-0.05, 0) is 44.7 Å². The van der Waals surface area contributed by atoms with Crippen LogP contribution in [-0.2, 0) is 4.79 Å². The normalized spacial score (nSPS) is 16.2. The number of hydrogen-bond acceptors (Lipinski definition) is 5. The van der Waals surface area contributed by atoms with Crippen molar-refractivity contribution in [1.29, 1.82) is 5.26 Å². The highest BCUT2D eigenvalue weighted by atomic mass is 32.2. The van der Waals surface area contributed by atoms with Gasteiger partial charge in [-0.1, -0.05) is 30.0 Å². The summed E-state index contributed by atoms with van der Waals surface area (Å²) >= 11 is 1.32. The number of rotatable bonds is 6. The maximum absolute atomic E-state index is 12.2. The van der Waals surface area contributed by atoms with E-state index in [-0.39, 0.29) is 17.6 Å². The number of nitriles is 1. The van der Waals surface area contributed by atoms with Crippen LogP contribution in [0.4, 0.5) is 0 Å². The van der Waals surface area contributed by atoms with Crippen molar-refractivity contribution >= 4 is 17.7 Å². The molecule has 1 amide bonds. The van der Waals surface area contributed by atoms with E-state index in [9.17, 15) is 10.1 Å². The van der Waals surface area contributed by atoms with Gasteiger partial charge in [-0.2, -0.15) is 5.26 Å². The number of nitrogens with zero attached hydrogens (tertiary/aromatic N) is 4. The molecule has 3 rings (SSSR count). The largest absolute Gasteiger partial charge is 0.337 e. The molecule has 1 aliphatic carbocycles. The van der Waals surface area contributed by atoms with Crippen LogP contribution in [0.3, 0.4) is 0 Å². The van der Waals surface area contributed by atoms with Gasteiger partial charge in [0.2, 0.25) is 5.91 Å². The Bertz CT molecular complexity index is 778. The number of benzene rings is 1. The summed E-state index contributed by atoms with van der Waals surface area (Å²) in [4.78, 5) is 12.2. The average molecular weight is 341 g/mol. The number of thioether (sulfide) groups is 1. The molecule has 1 aliphatic rings. The fraction of sp³-hybridized carbons (Fsp3) is 0.412. The minimum absolute atomic E-state index is 0.156. The predicted molar refractivity (Wildman–Crippen MR) is 91.7 cm³/mol. The van der Waals surface area contributed by atoms with E-state index in [2.05, 4.69) is 21.6 Å². The van der Waals surface area contributed by atoms with Gasteiger partial charge in [-0.3, -0.25) is 9.36 Å². The number of amides is 1. The first kappa shape index (κ1) is 16.5. The van der Waals surface area contributed by atoms with Gasteiger partial charge >= 0.3 is 0 Å². The van der Waals surface area contributed by atoms with Crippen LogP contribution in [0.15, 0.2) is 35.5 Å². The molecule has 1 heterocycles. The summed E-state index contributed by atoms with van der Waals surface area (Å²) in [5, 5.41) is 21.1. The Morgan fingerprint density at radius 3 is 2.75 bits per heavy atom. The Morgan fingerprint density at radius 1 is 1.42 bits per heavy atom. The molecule has 0 bridgehead atoms. The van der Waals surface area contributed by atoms with Crippen LogP contribution in [0, 0.1) is 24.2 Å². The minimum Gasteiger partial charge on any atom is -0.337 e. The quantitative estimate of drug-likeness (QED) is 0.816. The van der Waals surface area contributed by atoms with Crippen LogP contribution in [-0.4, -0.2) is 32.0 Å². The Morgan fingerprint density at radius 2 is 2.12 bits per heavy atom. The molecule has 0 radical (unpaired) electrons. The van der Waals surface area contributed by atoms with E-state index in [4.69, 9.17) is 0 Å². The lowest BCUT2D eigenvalue weighted by atomic mass is 9.98. The van der Waals surface area contributed by atoms with Gasteiger partial charge in [-0.15, -0.1) is 10.2 Å². The third kappa shape index (κ3) is 3.44. The Hall–Kier alpha value is -2.33. The Labute approximate surface area is 145 Å². The number of carbonyl (C=O) groups is 1. The van der Waals surface area contributed by atoms with Crippen molar-refractivity contribution in [3.05, 3.63) is 36.2 Å². The molecule has 124 valence electrons. The highest BCUT2D eigenvalue weighted by Gasteiger charge is 2.42. The van der Waals surface area contributed by atoms with Crippen molar-refractivity contribution < 1.29 is 4.79 Å². The van der Waals surface area contributed by atoms with Crippen LogP contribution in [0.5, 0.6) is 0 Å². The van der Waals surface area contributed by atoms with Crippen LogP contribution in [0.2, 0.25) is 0 Å². The maximum Gasteiger partial charge on any atom is 0.231 e. The van der Waals surface area contributed by atoms with Crippen molar-refractivity contribution in [2.75, 3.05) is 5.75 Å². The van der Waals surface area contributed by atoms with Crippen LogP contribution >= 0.6 is 11.8 Å². The third-order valence-corrected chi connectivity index (χ3v) is 5.10. The first-order chi connectivity index (χ1) is 11.5. The van der Waals surface area contributed by atoms with Gasteiger partial charge in [0.1, 0.15) is 11.4 Å². The monoisotopic (exact) mass is 341 g/mol. The molecular formula is C17H19N5OS. The van der Waals surface area contributed by atoms with Gasteiger partial charge in [0.05, 0.1) is 11.8 Å². The molecule has 0 saturated heterocycles. The van der Waals surface area contributed by atoms with Crippen LogP contribution < -0.4 is 5.32 Å². The molecule has 0 unspecified atom stereocenters. The molecule has 0 aliphatic heterocycles. The minimum atomic E-state index is -0.763. The second-order valence-corrected chi connectivity index (χ2v) is 7.07. The molecule has 6 nitrogen and oxygen atoms in total. The Kier molecular flexibility index (Phi) is 4.58. The number of nitrogens with one attached hydrogen (secondary N) is 1. The van der Waals surface area contributed by atoms with E-state index in [0.29, 0.717) is 5.16 Å². The molecule has 2 aromatic rings. The van der Waals surface area contributed by atoms with E-state index >= 15 is 0 Å². The lowest BCUT2D eigenvalue weighted by Gasteiger charge is -2.22. The highest BCUT2D eigenvalue weighted by Crippen LogP contribution is 2.39. The van der Waals surface area contributed by atoms with Crippen molar-refractivity contribution in [3.63, 3.8) is 0 Å². The number of aryl methyl sites for hydroxylation is 1. The van der Waals surface area contributed by atoms with E-state index in [1.807, 2.05) is 41.8 Å². The average Bonchev–Trinajstić information content (AvgIpc) is 3.38. The summed E-state index contributed by atoms with van der Waals surface area (Å²) in [5.41, 5.74) is 0.198. The molecule has 1 saturated carbocycles. The summed E-state index contributed by atoms with van der Waals surface area (Å²) in [6.45, 7) is 3.67. The second-order valence-electron chi connectivity index (χ2n) is 6.13. The summed E-state index contributed by atoms with van der Waals surface area (Å²) in [6.07, 6.45) is 2.00. The molecule has 0 spiro atoms. The third-order valence-electron chi connectivity index (χ3n) is 4.17. The van der Waals surface area contributed by atoms with Gasteiger partial charge in [0.25, 0.3) is 0 Å². The fourth-order valence-corrected chi connectivity index (χ4v) is 3.45. The summed E-state index contributed by atoms with van der Waals surface area (Å²) in [7, 11) is 0. The van der Waals surface area contributed by atoms with E-state index < -0.39 is 5.54 Å². The van der Waals surface area contributed by atoms with Crippen molar-refractivity contribution in [1.82, 2.24) is 20.1 Å². The fourth-order valence-electron chi connectivity index (χ4n) is 2.65. The van der Waals surface area contributed by atoms with Crippen molar-refractivity contribution in [2.45, 2.75) is 37.4 Å². The smallest absolute Gasteiger partial charge is 0.231 e. The zero-order valence-corrected chi connectivity index (χ0v) is 14.5. The van der Waals surface area contributed by atoms with E-state index in [1.54, 1.807) is 6.92 Å². The number of aromatic nitrogens is 3. The zero-order valence-electron chi connectivity index (χ0n) is 13.7. The number of carbonyl (C=O) groups excluding carboxylic acids is 1. The summed E-state index contributed by atoms with van der Waals surface area (Å²) < 4.78 is 1.92. The summed E-state index contributed by atoms with van der Waals surface area (Å²) in [6, 6.07) is 12.0. The first-order valence-electron chi connectivity index (χ1n) is 7.86. The number of para-hydroxylation sites is 1. The van der Waals surface area contributed by atoms with Crippen LogP contribution in [0.25, 0.3) is 5.69 Å². The second kappa shape index (κ2) is 6.65. The molecule has 1 N–H and O–H groups in total. The van der Waals surface area contributed by atoms with Crippen molar-refractivity contribution in [3.8, 4) is 11.8 Å². The molecular weight excluding hydrogens is 322 g/mol. The molecule has 24 heavy (non-hydrogen) atoms. The topological polar surface area (TPSA) is 83.6 Å². The Balaban J connectivity index is 1.67. The SMILES string of the molecule is Cc1nnc(SCC(=O)N[C@@](C)(C#N)C2CC2)n1-c1ccccc1. The highest BCUT2D eigenvalue weighted by molar-refractivity contribution is 7.99. The first-order valence-corrected chi connectivity index (χ1v) is 8.84. The maximum atomic E-state index is 12.2. The van der Waals surface area contributed by atoms with Gasteiger partial charge < -0.3 is 5.32 Å². The standard InChI is InChI=1S/C17H19N5OS/c1-12-20-21-16(22(12)14-6-4-3-5-7-14)24-10-15(23)19-17(2,11-18)13-8-9-13/h3-7,13H,8-10H2,1-2H3,(H,19,23)/t17-/m0/s1.